The molecule has 0 bridgehead atoms. The number of likely N-dealkylation sites (tertiary alicyclic amines) is 1. The minimum absolute atomic E-state index is 0.0173. The summed E-state index contributed by atoms with van der Waals surface area (Å²) in [4.78, 5) is 34.6. The number of rotatable bonds is 9. The highest BCUT2D eigenvalue weighted by molar-refractivity contribution is 5.87. The van der Waals surface area contributed by atoms with Crippen molar-refractivity contribution in [3.8, 4) is 18.4 Å². The van der Waals surface area contributed by atoms with Crippen LogP contribution in [0, 0.1) is 18.2 Å². The number of alkyl halides is 1. The van der Waals surface area contributed by atoms with Crippen molar-refractivity contribution in [3.05, 3.63) is 83.2 Å². The van der Waals surface area contributed by atoms with Crippen LogP contribution < -0.4 is 19.4 Å². The van der Waals surface area contributed by atoms with E-state index in [9.17, 15) is 14.3 Å². The van der Waals surface area contributed by atoms with Gasteiger partial charge in [0.1, 0.15) is 24.4 Å². The molecule has 0 spiro atoms. The third kappa shape index (κ3) is 6.70. The number of aliphatic hydroxyl groups is 1. The van der Waals surface area contributed by atoms with E-state index in [1.54, 1.807) is 25.4 Å². The Morgan fingerprint density at radius 3 is 2.85 bits per heavy atom. The van der Waals surface area contributed by atoms with Crippen LogP contribution in [0.15, 0.2) is 55.0 Å². The summed E-state index contributed by atoms with van der Waals surface area (Å²) in [5.41, 5.74) is 2.93. The molecule has 1 aliphatic carbocycles. The van der Waals surface area contributed by atoms with Crippen molar-refractivity contribution in [3.63, 3.8) is 0 Å². The lowest BCUT2D eigenvalue weighted by molar-refractivity contribution is -0.126. The predicted octanol–water partition coefficient (Wildman–Crippen LogP) is 5.09. The zero-order valence-corrected chi connectivity index (χ0v) is 30.0. The zero-order chi connectivity index (χ0) is 36.8. The number of ether oxygens (including phenoxy) is 1. The van der Waals surface area contributed by atoms with Gasteiger partial charge in [-0.3, -0.25) is 9.78 Å². The van der Waals surface area contributed by atoms with E-state index in [2.05, 4.69) is 22.4 Å². The lowest BCUT2D eigenvalue weighted by Crippen LogP contribution is -2.47. The molecule has 0 unspecified atom stereocenters. The normalized spacial score (nSPS) is 25.2. The first-order chi connectivity index (χ1) is 24.9. The number of likely N-dealkylation sites (N-methyl/N-ethyl adjacent to an activating group) is 1. The van der Waals surface area contributed by atoms with E-state index in [0.29, 0.717) is 49.6 Å². The van der Waals surface area contributed by atoms with Gasteiger partial charge in [0.25, 0.3) is 0 Å². The van der Waals surface area contributed by atoms with E-state index in [-0.39, 0.29) is 49.6 Å². The molecule has 12 heteroatoms. The van der Waals surface area contributed by atoms with Gasteiger partial charge in [0.05, 0.1) is 53.1 Å². The van der Waals surface area contributed by atoms with Crippen LogP contribution in [0.1, 0.15) is 61.9 Å². The van der Waals surface area contributed by atoms with Gasteiger partial charge in [-0.25, -0.2) is 8.78 Å². The predicted molar refractivity (Wildman–Crippen MR) is 198 cm³/mol. The van der Waals surface area contributed by atoms with Gasteiger partial charge in [-0.15, -0.1) is 6.42 Å². The van der Waals surface area contributed by atoms with Gasteiger partial charge in [-0.1, -0.05) is 18.6 Å². The van der Waals surface area contributed by atoms with Crippen LogP contribution in [-0.4, -0.2) is 94.1 Å². The topological polar surface area (TPSA) is 98.2 Å². The van der Waals surface area contributed by atoms with Gasteiger partial charge in [0.15, 0.2) is 0 Å². The molecule has 2 saturated heterocycles. The number of carbonyl (C=O) groups is 1. The minimum atomic E-state index is -1.08. The lowest BCUT2D eigenvalue weighted by Gasteiger charge is -2.42. The summed E-state index contributed by atoms with van der Waals surface area (Å²) in [5.74, 6) is 2.64. The van der Waals surface area contributed by atoms with Gasteiger partial charge in [0, 0.05) is 56.5 Å². The molecule has 2 aromatic heterocycles. The van der Waals surface area contributed by atoms with Crippen molar-refractivity contribution in [2.24, 2.45) is 0 Å². The number of amides is 1. The van der Waals surface area contributed by atoms with Crippen LogP contribution in [0.3, 0.4) is 0 Å². The van der Waals surface area contributed by atoms with Crippen LogP contribution in [-0.2, 0) is 17.6 Å². The second-order valence-corrected chi connectivity index (χ2v) is 15.0. The maximum Gasteiger partial charge on any atom is 0.319 e. The fraction of sp³-hybridized carbons (Fsp3) is 0.450. The fourth-order valence-corrected chi connectivity index (χ4v) is 8.43. The van der Waals surface area contributed by atoms with E-state index in [1.807, 2.05) is 46.9 Å². The standard InChI is InChI=1S/C40H45F2N7O3/c1-6-31-33(42)15-12-26-19-40(4,51)24-48(36(26)31)28-13-14-32-34(18-28)44-38(45-37(32)46(5)23-30-11-9-17-47(30)35(50)7-2)52-25-39(3)20-27(41)22-49(39)29-10-8-16-43-21-29/h1,7-8,10,12,15-16,18,21,27,30,51H,2,9,11,13-14,17,19-20,22-25H2,3-5H3/t27-,30+,39+,40+/m1/s1. The summed E-state index contributed by atoms with van der Waals surface area (Å²) in [6.07, 6.45) is 15.0. The van der Waals surface area contributed by atoms with E-state index < -0.39 is 23.1 Å². The Morgan fingerprint density at radius 2 is 2.10 bits per heavy atom. The molecule has 1 amide bonds. The van der Waals surface area contributed by atoms with Crippen LogP contribution in [0.5, 0.6) is 6.01 Å². The van der Waals surface area contributed by atoms with Gasteiger partial charge in [-0.2, -0.15) is 9.97 Å². The third-order valence-electron chi connectivity index (χ3n) is 10.8. The third-order valence-corrected chi connectivity index (χ3v) is 10.8. The maximum atomic E-state index is 15.1. The number of benzene rings is 1. The molecule has 1 N–H and O–H groups in total. The van der Waals surface area contributed by atoms with Crippen molar-refractivity contribution in [1.82, 2.24) is 19.9 Å². The number of aromatic nitrogens is 3. The first-order valence-corrected chi connectivity index (χ1v) is 17.9. The molecule has 3 aliphatic heterocycles. The van der Waals surface area contributed by atoms with Crippen molar-refractivity contribution in [2.75, 3.05) is 54.5 Å². The van der Waals surface area contributed by atoms with Crippen LogP contribution in [0.4, 0.5) is 26.0 Å². The average molecular weight is 710 g/mol. The number of anilines is 3. The highest BCUT2D eigenvalue weighted by atomic mass is 19.1. The summed E-state index contributed by atoms with van der Waals surface area (Å²) in [6, 6.07) is 6.91. The second-order valence-electron chi connectivity index (χ2n) is 15.0. The number of pyridine rings is 1. The molecule has 4 aliphatic rings. The number of allylic oxidation sites excluding steroid dienone is 1. The Hall–Kier alpha value is -5.02. The number of carbonyl (C=O) groups excluding carboxylic acids is 1. The Morgan fingerprint density at radius 1 is 1.27 bits per heavy atom. The lowest BCUT2D eigenvalue weighted by atomic mass is 9.86. The molecule has 10 nitrogen and oxygen atoms in total. The molecule has 5 heterocycles. The van der Waals surface area contributed by atoms with Crippen molar-refractivity contribution in [2.45, 2.75) is 75.7 Å². The van der Waals surface area contributed by atoms with Crippen LogP contribution in [0.25, 0.3) is 6.08 Å². The molecule has 7 rings (SSSR count). The number of hydrogen-bond donors (Lipinski definition) is 1. The maximum absolute atomic E-state index is 15.1. The molecular weight excluding hydrogens is 664 g/mol. The van der Waals surface area contributed by atoms with E-state index in [4.69, 9.17) is 21.1 Å². The van der Waals surface area contributed by atoms with Crippen LogP contribution in [0.2, 0.25) is 0 Å². The first kappa shape index (κ1) is 35.4. The molecule has 0 saturated carbocycles. The number of hydrogen-bond acceptors (Lipinski definition) is 9. The van der Waals surface area contributed by atoms with Gasteiger partial charge in [-0.05, 0) is 75.4 Å². The van der Waals surface area contributed by atoms with Crippen molar-refractivity contribution >= 4 is 29.2 Å². The Labute approximate surface area is 303 Å². The minimum Gasteiger partial charge on any atom is -0.461 e. The molecule has 2 fully saturated rings. The highest BCUT2D eigenvalue weighted by Crippen LogP contribution is 2.42. The Bertz CT molecular complexity index is 1950. The molecule has 272 valence electrons. The monoisotopic (exact) mass is 709 g/mol. The van der Waals surface area contributed by atoms with Crippen LogP contribution >= 0.6 is 0 Å². The zero-order valence-electron chi connectivity index (χ0n) is 30.0. The summed E-state index contributed by atoms with van der Waals surface area (Å²) < 4.78 is 36.5. The van der Waals surface area contributed by atoms with Gasteiger partial charge in [0.2, 0.25) is 5.91 Å². The SMILES string of the molecule is C#Cc1c(F)ccc2c1N(C1=Cc3nc(OC[C@]4(C)C[C@@H](F)CN4c4cccnc4)nc(N(C)C[C@@H]4CCCN4C(=O)C=C)c3CC1)C[C@@](C)(O)C2. The summed E-state index contributed by atoms with van der Waals surface area (Å²) >= 11 is 0. The fourth-order valence-electron chi connectivity index (χ4n) is 8.43. The van der Waals surface area contributed by atoms with E-state index >= 15 is 4.39 Å². The average Bonchev–Trinajstić information content (AvgIpc) is 3.72. The number of terminal acetylenes is 1. The van der Waals surface area contributed by atoms with E-state index in [1.165, 1.54) is 12.1 Å². The largest absolute Gasteiger partial charge is 0.461 e. The quantitative estimate of drug-likeness (QED) is 0.241. The summed E-state index contributed by atoms with van der Waals surface area (Å²) in [5, 5.41) is 11.3. The number of fused-ring (bicyclic) bond motifs is 2. The molecular formula is C40H45F2N7O3. The smallest absolute Gasteiger partial charge is 0.319 e. The Balaban J connectivity index is 1.26. The summed E-state index contributed by atoms with van der Waals surface area (Å²) in [7, 11) is 1.96. The molecule has 1 aromatic carbocycles. The molecule has 4 atom stereocenters. The summed E-state index contributed by atoms with van der Waals surface area (Å²) in [6.45, 7) is 9.21. The number of β-amino-alcohol motifs (C(OH)–C–C–N with tert-alkyl or cyclic N) is 1. The molecule has 3 aromatic rings. The second kappa shape index (κ2) is 13.8. The van der Waals surface area contributed by atoms with Crippen molar-refractivity contribution < 1.29 is 23.4 Å². The number of nitrogens with zero attached hydrogens (tertiary/aromatic N) is 7. The molecule has 0 radical (unpaired) electrons. The highest BCUT2D eigenvalue weighted by Gasteiger charge is 2.44. The van der Waals surface area contributed by atoms with E-state index in [0.717, 1.165) is 35.4 Å². The van der Waals surface area contributed by atoms with Gasteiger partial charge < -0.3 is 29.4 Å². The van der Waals surface area contributed by atoms with Crippen molar-refractivity contribution in [1.29, 1.82) is 0 Å². The Kier molecular flexibility index (Phi) is 9.42. The molecule has 52 heavy (non-hydrogen) atoms. The van der Waals surface area contributed by atoms with Gasteiger partial charge >= 0.3 is 6.01 Å². The first-order valence-electron chi connectivity index (χ1n) is 17.9. The number of halogens is 2.